The topological polar surface area (TPSA) is 0 Å². The molecule has 0 aromatic heterocycles. The molecule has 15 heavy (non-hydrogen) atoms. The molecule has 0 rings (SSSR count). The Bertz CT molecular complexity index is 129. The zero-order chi connectivity index (χ0) is 11.4. The van der Waals surface area contributed by atoms with Gasteiger partial charge in [0.2, 0.25) is 0 Å². The summed E-state index contributed by atoms with van der Waals surface area (Å²) in [4.78, 5) is 0.705. The number of rotatable bonds is 11. The van der Waals surface area contributed by atoms with Gasteiger partial charge >= 0.3 is 0 Å². The Balaban J connectivity index is 2.89. The van der Waals surface area contributed by atoms with Crippen molar-refractivity contribution in [3.63, 3.8) is 0 Å². The zero-order valence-corrected chi connectivity index (χ0v) is 11.9. The molecule has 0 saturated heterocycles. The zero-order valence-electron chi connectivity index (χ0n) is 10.3. The van der Waals surface area contributed by atoms with Crippen LogP contribution in [0.15, 0.2) is 12.7 Å². The van der Waals surface area contributed by atoms with Crippen molar-refractivity contribution in [3.05, 3.63) is 12.7 Å². The van der Waals surface area contributed by atoms with Gasteiger partial charge in [-0.2, -0.15) is 0 Å². The summed E-state index contributed by atoms with van der Waals surface area (Å²) in [5, 5.41) is 0. The second kappa shape index (κ2) is 12.3. The van der Waals surface area contributed by atoms with E-state index in [0.29, 0.717) is 4.83 Å². The van der Waals surface area contributed by atoms with E-state index in [1.54, 1.807) is 0 Å². The van der Waals surface area contributed by atoms with Crippen molar-refractivity contribution >= 4 is 15.9 Å². The van der Waals surface area contributed by atoms with Crippen molar-refractivity contribution in [2.75, 3.05) is 0 Å². The minimum Gasteiger partial charge on any atom is -0.103 e. The first-order valence-corrected chi connectivity index (χ1v) is 7.44. The first-order chi connectivity index (χ1) is 7.27. The lowest BCUT2D eigenvalue weighted by Gasteiger charge is -2.03. The number of alkyl halides is 1. The summed E-state index contributed by atoms with van der Waals surface area (Å²) in [6, 6.07) is 0. The van der Waals surface area contributed by atoms with Gasteiger partial charge < -0.3 is 0 Å². The van der Waals surface area contributed by atoms with Crippen LogP contribution in [0, 0.1) is 0 Å². The van der Waals surface area contributed by atoms with Gasteiger partial charge in [-0.05, 0) is 19.3 Å². The number of hydrogen-bond donors (Lipinski definition) is 0. The molecule has 1 unspecified atom stereocenters. The van der Waals surface area contributed by atoms with E-state index >= 15 is 0 Å². The van der Waals surface area contributed by atoms with E-state index in [1.807, 2.05) is 6.08 Å². The van der Waals surface area contributed by atoms with Gasteiger partial charge in [0.15, 0.2) is 0 Å². The van der Waals surface area contributed by atoms with Crippen LogP contribution in [0.2, 0.25) is 0 Å². The molecule has 0 fully saturated rings. The minimum atomic E-state index is 0.705. The number of hydrogen-bond acceptors (Lipinski definition) is 0. The lowest BCUT2D eigenvalue weighted by Crippen LogP contribution is -1.89. The molecule has 0 aromatic rings. The Morgan fingerprint density at radius 3 is 1.87 bits per heavy atom. The lowest BCUT2D eigenvalue weighted by atomic mass is 10.1. The maximum atomic E-state index is 3.74. The summed E-state index contributed by atoms with van der Waals surface area (Å²) in [7, 11) is 0. The van der Waals surface area contributed by atoms with Crippen molar-refractivity contribution < 1.29 is 0 Å². The predicted octanol–water partition coefficient (Wildman–Crippen LogP) is 5.86. The van der Waals surface area contributed by atoms with E-state index in [1.165, 1.54) is 64.2 Å². The molecule has 0 heterocycles. The fraction of sp³-hybridized carbons (Fsp3) is 0.857. The summed E-state index contributed by atoms with van der Waals surface area (Å²) in [5.41, 5.74) is 0. The van der Waals surface area contributed by atoms with Gasteiger partial charge in [0, 0.05) is 4.83 Å². The predicted molar refractivity (Wildman–Crippen MR) is 74.8 cm³/mol. The molecule has 0 aromatic carbocycles. The highest BCUT2D eigenvalue weighted by Gasteiger charge is 1.95. The fourth-order valence-corrected chi connectivity index (χ4v) is 2.10. The van der Waals surface area contributed by atoms with E-state index < -0.39 is 0 Å². The van der Waals surface area contributed by atoms with E-state index in [4.69, 9.17) is 0 Å². The van der Waals surface area contributed by atoms with Crippen LogP contribution in [0.1, 0.15) is 71.1 Å². The summed E-state index contributed by atoms with van der Waals surface area (Å²) in [6.07, 6.45) is 15.8. The van der Waals surface area contributed by atoms with Crippen molar-refractivity contribution in [1.29, 1.82) is 0 Å². The standard InChI is InChI=1S/C14H27Br/c1-3-4-5-6-7-8-9-10-11-12-13-14(2)15/h3,14H,1,4-13H2,2H3. The molecule has 1 atom stereocenters. The van der Waals surface area contributed by atoms with Crippen molar-refractivity contribution in [2.24, 2.45) is 0 Å². The maximum Gasteiger partial charge on any atom is 0.0117 e. The molecule has 0 spiro atoms. The Labute approximate surface area is 105 Å². The number of allylic oxidation sites excluding steroid dienone is 1. The molecule has 0 radical (unpaired) electrons. The van der Waals surface area contributed by atoms with Gasteiger partial charge in [-0.15, -0.1) is 6.58 Å². The monoisotopic (exact) mass is 274 g/mol. The summed E-state index contributed by atoms with van der Waals surface area (Å²) in [6.45, 7) is 5.97. The number of unbranched alkanes of at least 4 members (excludes halogenated alkanes) is 8. The minimum absolute atomic E-state index is 0.705. The normalized spacial score (nSPS) is 12.7. The lowest BCUT2D eigenvalue weighted by molar-refractivity contribution is 0.560. The van der Waals surface area contributed by atoms with Gasteiger partial charge in [0.25, 0.3) is 0 Å². The van der Waals surface area contributed by atoms with Gasteiger partial charge in [-0.25, -0.2) is 0 Å². The van der Waals surface area contributed by atoms with Gasteiger partial charge in [-0.1, -0.05) is 73.9 Å². The van der Waals surface area contributed by atoms with Crippen LogP contribution in [0.4, 0.5) is 0 Å². The third-order valence-corrected chi connectivity index (χ3v) is 3.22. The van der Waals surface area contributed by atoms with Crippen LogP contribution in [0.25, 0.3) is 0 Å². The van der Waals surface area contributed by atoms with Gasteiger partial charge in [-0.3, -0.25) is 0 Å². The average molecular weight is 275 g/mol. The Kier molecular flexibility index (Phi) is 12.5. The van der Waals surface area contributed by atoms with E-state index in [9.17, 15) is 0 Å². The number of halogens is 1. The highest BCUT2D eigenvalue weighted by Crippen LogP contribution is 2.13. The first-order valence-electron chi connectivity index (χ1n) is 6.52. The molecule has 0 bridgehead atoms. The third kappa shape index (κ3) is 14.2. The van der Waals surface area contributed by atoms with Crippen molar-refractivity contribution in [2.45, 2.75) is 76.0 Å². The van der Waals surface area contributed by atoms with Gasteiger partial charge in [0.1, 0.15) is 0 Å². The van der Waals surface area contributed by atoms with Crippen molar-refractivity contribution in [1.82, 2.24) is 0 Å². The van der Waals surface area contributed by atoms with Crippen LogP contribution >= 0.6 is 15.9 Å². The van der Waals surface area contributed by atoms with Gasteiger partial charge in [0.05, 0.1) is 0 Å². The highest BCUT2D eigenvalue weighted by molar-refractivity contribution is 9.09. The molecule has 1 heteroatoms. The first kappa shape index (κ1) is 15.2. The molecule has 0 saturated carbocycles. The largest absolute Gasteiger partial charge is 0.103 e. The van der Waals surface area contributed by atoms with E-state index in [0.717, 1.165) is 0 Å². The molecular formula is C14H27Br. The molecule has 0 aliphatic heterocycles. The average Bonchev–Trinajstić information content (AvgIpc) is 2.20. The second-order valence-corrected chi connectivity index (χ2v) is 6.04. The molecule has 90 valence electrons. The third-order valence-electron chi connectivity index (χ3n) is 2.76. The van der Waals surface area contributed by atoms with Crippen molar-refractivity contribution in [3.8, 4) is 0 Å². The fourth-order valence-electron chi connectivity index (χ4n) is 1.77. The van der Waals surface area contributed by atoms with Crippen LogP contribution in [0.5, 0.6) is 0 Å². The quantitative estimate of drug-likeness (QED) is 0.252. The smallest absolute Gasteiger partial charge is 0.0117 e. The van der Waals surface area contributed by atoms with E-state index in [2.05, 4.69) is 29.4 Å². The Hall–Kier alpha value is 0.220. The summed E-state index contributed by atoms with van der Waals surface area (Å²) in [5.74, 6) is 0. The molecule has 0 nitrogen and oxygen atoms in total. The van der Waals surface area contributed by atoms with Crippen LogP contribution in [0.3, 0.4) is 0 Å². The molecule has 0 aliphatic rings. The van der Waals surface area contributed by atoms with E-state index in [-0.39, 0.29) is 0 Å². The Morgan fingerprint density at radius 1 is 0.933 bits per heavy atom. The molecular weight excluding hydrogens is 248 g/mol. The maximum absolute atomic E-state index is 3.74. The van der Waals surface area contributed by atoms with Crippen LogP contribution in [-0.4, -0.2) is 4.83 Å². The van der Waals surface area contributed by atoms with Crippen LogP contribution < -0.4 is 0 Å². The molecule has 0 aliphatic carbocycles. The highest BCUT2D eigenvalue weighted by atomic mass is 79.9. The summed E-state index contributed by atoms with van der Waals surface area (Å²) >= 11 is 3.58. The summed E-state index contributed by atoms with van der Waals surface area (Å²) < 4.78 is 0. The second-order valence-electron chi connectivity index (χ2n) is 4.48. The SMILES string of the molecule is C=CCCCCCCCCCCC(C)Br. The Morgan fingerprint density at radius 2 is 1.40 bits per heavy atom. The van der Waals surface area contributed by atoms with Crippen LogP contribution in [-0.2, 0) is 0 Å². The molecule has 0 amide bonds. The molecule has 0 N–H and O–H groups in total.